The quantitative estimate of drug-likeness (QED) is 0.617. The van der Waals surface area contributed by atoms with E-state index in [9.17, 15) is 4.57 Å². The van der Waals surface area contributed by atoms with Crippen LogP contribution in [0.3, 0.4) is 0 Å². The van der Waals surface area contributed by atoms with Crippen LogP contribution in [-0.4, -0.2) is 18.2 Å². The van der Waals surface area contributed by atoms with Crippen molar-refractivity contribution in [2.45, 2.75) is 20.4 Å². The van der Waals surface area contributed by atoms with E-state index < -0.39 is 7.75 Å². The third kappa shape index (κ3) is 5.27. The fourth-order valence-electron chi connectivity index (χ4n) is 1.20. The van der Waals surface area contributed by atoms with Crippen LogP contribution in [0.25, 0.3) is 0 Å². The van der Waals surface area contributed by atoms with Gasteiger partial charge in [-0.15, -0.1) is 0 Å². The van der Waals surface area contributed by atoms with Gasteiger partial charge >= 0.3 is 7.75 Å². The highest BCUT2D eigenvalue weighted by molar-refractivity contribution is 9.10. The smallest absolute Gasteiger partial charge is 0.297 e. The fourth-order valence-corrected chi connectivity index (χ4v) is 2.87. The van der Waals surface area contributed by atoms with E-state index in [1.807, 2.05) is 18.2 Å². The van der Waals surface area contributed by atoms with Gasteiger partial charge in [0.15, 0.2) is 0 Å². The maximum absolute atomic E-state index is 12.1. The molecule has 1 aromatic heterocycles. The minimum Gasteiger partial charge on any atom is -0.297 e. The molecule has 1 heterocycles. The summed E-state index contributed by atoms with van der Waals surface area (Å²) in [6, 6.07) is 5.52. The van der Waals surface area contributed by atoms with Crippen LogP contribution in [-0.2, 0) is 20.2 Å². The molecule has 0 aliphatic rings. The Morgan fingerprint density at radius 3 is 2.53 bits per heavy atom. The number of rotatable bonds is 7. The molecule has 0 aromatic carbocycles. The van der Waals surface area contributed by atoms with Crippen molar-refractivity contribution in [2.24, 2.45) is 0 Å². The Hall–Kier alpha value is -0.260. The van der Waals surface area contributed by atoms with Gasteiger partial charge in [0, 0.05) is 6.54 Å². The summed E-state index contributed by atoms with van der Waals surface area (Å²) < 4.78 is 23.0. The molecule has 0 saturated carbocycles. The molecule has 0 amide bonds. The van der Waals surface area contributed by atoms with Crippen LogP contribution in [0.15, 0.2) is 22.8 Å². The molecule has 0 fully saturated rings. The standard InChI is InChI=1S/C10H16BrN2O3P/c1-3-15-17(14,16-4-2)12-8-9-6-5-7-10(11)13-9/h5-7H,3-4,8H2,1-2H3,(H,12,14). The zero-order valence-corrected chi connectivity index (χ0v) is 12.3. The molecule has 0 saturated heterocycles. The summed E-state index contributed by atoms with van der Waals surface area (Å²) in [6.45, 7) is 4.53. The number of halogens is 1. The van der Waals surface area contributed by atoms with E-state index in [1.54, 1.807) is 13.8 Å². The predicted molar refractivity (Wildman–Crippen MR) is 69.6 cm³/mol. The summed E-state index contributed by atoms with van der Waals surface area (Å²) in [5.41, 5.74) is 0.763. The van der Waals surface area contributed by atoms with Gasteiger partial charge in [0.2, 0.25) is 0 Å². The van der Waals surface area contributed by atoms with Crippen LogP contribution in [0, 0.1) is 0 Å². The normalized spacial score (nSPS) is 11.7. The van der Waals surface area contributed by atoms with Gasteiger partial charge < -0.3 is 0 Å². The molecular formula is C10H16BrN2O3P. The largest absolute Gasteiger partial charge is 0.405 e. The lowest BCUT2D eigenvalue weighted by atomic mass is 10.4. The minimum atomic E-state index is -3.21. The minimum absolute atomic E-state index is 0.330. The van der Waals surface area contributed by atoms with Gasteiger partial charge in [0.1, 0.15) is 4.60 Å². The first-order valence-corrected chi connectivity index (χ1v) is 7.69. The second-order valence-electron chi connectivity index (χ2n) is 3.12. The molecule has 1 rings (SSSR count). The third-order valence-corrected chi connectivity index (χ3v) is 4.01. The van der Waals surface area contributed by atoms with Gasteiger partial charge in [-0.25, -0.2) is 14.6 Å². The summed E-state index contributed by atoms with van der Waals surface area (Å²) >= 11 is 3.27. The SMILES string of the molecule is CCOP(=O)(NCc1cccc(Br)n1)OCC. The molecule has 0 aliphatic carbocycles. The summed E-state index contributed by atoms with van der Waals surface area (Å²) in [4.78, 5) is 4.22. The third-order valence-electron chi connectivity index (χ3n) is 1.82. The lowest BCUT2D eigenvalue weighted by molar-refractivity contribution is 0.210. The van der Waals surface area contributed by atoms with E-state index in [0.29, 0.717) is 19.8 Å². The average Bonchev–Trinajstić information content (AvgIpc) is 2.27. The Morgan fingerprint density at radius 2 is 2.00 bits per heavy atom. The zero-order chi connectivity index (χ0) is 12.7. The van der Waals surface area contributed by atoms with Crippen LogP contribution in [0.5, 0.6) is 0 Å². The Kier molecular flexibility index (Phi) is 6.30. The van der Waals surface area contributed by atoms with E-state index in [1.165, 1.54) is 0 Å². The maximum Gasteiger partial charge on any atom is 0.405 e. The molecule has 0 aliphatic heterocycles. The van der Waals surface area contributed by atoms with E-state index in [2.05, 4.69) is 26.0 Å². The molecule has 0 unspecified atom stereocenters. The number of nitrogens with one attached hydrogen (secondary N) is 1. The van der Waals surface area contributed by atoms with Gasteiger partial charge in [0.25, 0.3) is 0 Å². The number of hydrogen-bond acceptors (Lipinski definition) is 4. The van der Waals surface area contributed by atoms with Gasteiger partial charge in [-0.2, -0.15) is 0 Å². The number of hydrogen-bond donors (Lipinski definition) is 1. The lowest BCUT2D eigenvalue weighted by Crippen LogP contribution is -2.15. The van der Waals surface area contributed by atoms with Crippen LogP contribution < -0.4 is 5.09 Å². The second-order valence-corrected chi connectivity index (χ2v) is 5.76. The molecular weight excluding hydrogens is 307 g/mol. The van der Waals surface area contributed by atoms with E-state index in [0.717, 1.165) is 10.3 Å². The Balaban J connectivity index is 2.60. The molecule has 0 bridgehead atoms. The Morgan fingerprint density at radius 1 is 1.35 bits per heavy atom. The molecule has 1 aromatic rings. The van der Waals surface area contributed by atoms with Gasteiger partial charge in [-0.05, 0) is 41.9 Å². The van der Waals surface area contributed by atoms with Crippen LogP contribution >= 0.6 is 23.7 Å². The van der Waals surface area contributed by atoms with E-state index >= 15 is 0 Å². The van der Waals surface area contributed by atoms with Crippen molar-refractivity contribution < 1.29 is 13.6 Å². The van der Waals surface area contributed by atoms with Crippen molar-refractivity contribution in [3.05, 3.63) is 28.5 Å². The fraction of sp³-hybridized carbons (Fsp3) is 0.500. The lowest BCUT2D eigenvalue weighted by Gasteiger charge is -2.17. The topological polar surface area (TPSA) is 60.5 Å². The number of nitrogens with zero attached hydrogens (tertiary/aromatic N) is 1. The molecule has 5 nitrogen and oxygen atoms in total. The summed E-state index contributed by atoms with van der Waals surface area (Å²) in [7, 11) is -3.21. The molecule has 0 radical (unpaired) electrons. The van der Waals surface area contributed by atoms with Crippen molar-refractivity contribution in [2.75, 3.05) is 13.2 Å². The summed E-state index contributed by atoms with van der Waals surface area (Å²) in [5, 5.41) is 2.77. The van der Waals surface area contributed by atoms with E-state index in [4.69, 9.17) is 9.05 Å². The van der Waals surface area contributed by atoms with Crippen molar-refractivity contribution in [1.82, 2.24) is 10.1 Å². The highest BCUT2D eigenvalue weighted by Crippen LogP contribution is 2.43. The molecule has 1 N–H and O–H groups in total. The van der Waals surface area contributed by atoms with E-state index in [-0.39, 0.29) is 0 Å². The van der Waals surface area contributed by atoms with Crippen molar-refractivity contribution in [3.8, 4) is 0 Å². The van der Waals surface area contributed by atoms with Gasteiger partial charge in [0.05, 0.1) is 18.9 Å². The van der Waals surface area contributed by atoms with Crippen LogP contribution in [0.4, 0.5) is 0 Å². The number of aromatic nitrogens is 1. The molecule has 17 heavy (non-hydrogen) atoms. The highest BCUT2D eigenvalue weighted by Gasteiger charge is 2.22. The Labute approximate surface area is 110 Å². The maximum atomic E-state index is 12.1. The molecule has 0 spiro atoms. The van der Waals surface area contributed by atoms with Crippen molar-refractivity contribution in [1.29, 1.82) is 0 Å². The first-order chi connectivity index (χ1) is 8.09. The zero-order valence-electron chi connectivity index (χ0n) is 9.85. The van der Waals surface area contributed by atoms with Crippen molar-refractivity contribution >= 4 is 23.7 Å². The molecule has 7 heteroatoms. The van der Waals surface area contributed by atoms with Gasteiger partial charge in [-0.1, -0.05) is 6.07 Å². The summed E-state index contributed by atoms with van der Waals surface area (Å²) in [6.07, 6.45) is 0. The van der Waals surface area contributed by atoms with Gasteiger partial charge in [-0.3, -0.25) is 9.05 Å². The first-order valence-electron chi connectivity index (χ1n) is 5.35. The van der Waals surface area contributed by atoms with Crippen LogP contribution in [0.1, 0.15) is 19.5 Å². The Bertz CT molecular complexity index is 393. The predicted octanol–water partition coefficient (Wildman–Crippen LogP) is 3.11. The monoisotopic (exact) mass is 322 g/mol. The molecule has 0 atom stereocenters. The highest BCUT2D eigenvalue weighted by atomic mass is 79.9. The second kappa shape index (κ2) is 7.24. The number of pyridine rings is 1. The van der Waals surface area contributed by atoms with Crippen LogP contribution in [0.2, 0.25) is 0 Å². The average molecular weight is 323 g/mol. The molecule has 96 valence electrons. The van der Waals surface area contributed by atoms with Crippen molar-refractivity contribution in [3.63, 3.8) is 0 Å². The summed E-state index contributed by atoms with van der Waals surface area (Å²) in [5.74, 6) is 0. The first kappa shape index (κ1) is 14.8.